The molecule has 0 atom stereocenters. The number of amides is 1. The van der Waals surface area contributed by atoms with Crippen LogP contribution >= 0.6 is 27.5 Å². The van der Waals surface area contributed by atoms with E-state index in [-0.39, 0.29) is 15.2 Å². The highest BCUT2D eigenvalue weighted by Gasteiger charge is 2.40. The highest BCUT2D eigenvalue weighted by Crippen LogP contribution is 2.32. The van der Waals surface area contributed by atoms with Gasteiger partial charge in [0.15, 0.2) is 5.69 Å². The van der Waals surface area contributed by atoms with Crippen molar-refractivity contribution < 1.29 is 27.5 Å². The largest absolute Gasteiger partial charge is 0.471 e. The molecular formula is C7H4BrF3N2O3S. The van der Waals surface area contributed by atoms with Gasteiger partial charge in [-0.1, -0.05) is 0 Å². The second kappa shape index (κ2) is 5.00. The van der Waals surface area contributed by atoms with Gasteiger partial charge in [-0.25, -0.2) is 4.79 Å². The van der Waals surface area contributed by atoms with Crippen LogP contribution in [0.3, 0.4) is 0 Å². The summed E-state index contributed by atoms with van der Waals surface area (Å²) < 4.78 is 44.0. The molecule has 0 bridgehead atoms. The van der Waals surface area contributed by atoms with Crippen LogP contribution in [-0.4, -0.2) is 29.5 Å². The van der Waals surface area contributed by atoms with E-state index in [1.807, 2.05) is 0 Å². The van der Waals surface area contributed by atoms with E-state index in [2.05, 4.69) is 25.0 Å². The number of carbonyl (C=O) groups excluding carboxylic acids is 2. The van der Waals surface area contributed by atoms with Crippen molar-refractivity contribution in [2.45, 2.75) is 6.18 Å². The lowest BCUT2D eigenvalue weighted by molar-refractivity contribution is -0.167. The predicted molar refractivity (Wildman–Crippen MR) is 55.8 cm³/mol. The number of anilines is 1. The number of hydrogen-bond donors (Lipinski definition) is 1. The summed E-state index contributed by atoms with van der Waals surface area (Å²) in [4.78, 5) is 21.9. The van der Waals surface area contributed by atoms with E-state index >= 15 is 0 Å². The monoisotopic (exact) mass is 332 g/mol. The van der Waals surface area contributed by atoms with Crippen molar-refractivity contribution in [3.05, 3.63) is 9.48 Å². The molecule has 0 saturated heterocycles. The average Bonchev–Trinajstić information content (AvgIpc) is 2.58. The van der Waals surface area contributed by atoms with Gasteiger partial charge in [0, 0.05) is 0 Å². The molecule has 10 heteroatoms. The molecule has 0 aliphatic heterocycles. The Morgan fingerprint density at radius 2 is 2.06 bits per heavy atom. The van der Waals surface area contributed by atoms with Crippen LogP contribution in [0.25, 0.3) is 0 Å². The number of ether oxygens (including phenoxy) is 1. The van der Waals surface area contributed by atoms with E-state index in [1.54, 1.807) is 5.32 Å². The van der Waals surface area contributed by atoms with Gasteiger partial charge in [-0.05, 0) is 27.5 Å². The van der Waals surface area contributed by atoms with E-state index < -0.39 is 18.1 Å². The van der Waals surface area contributed by atoms with Crippen molar-refractivity contribution in [2.75, 3.05) is 12.4 Å². The molecule has 0 fully saturated rings. The molecule has 0 aliphatic carbocycles. The van der Waals surface area contributed by atoms with Gasteiger partial charge in [-0.2, -0.15) is 17.5 Å². The summed E-state index contributed by atoms with van der Waals surface area (Å²) in [7, 11) is 1.05. The first-order valence-electron chi connectivity index (χ1n) is 3.89. The van der Waals surface area contributed by atoms with Gasteiger partial charge < -0.3 is 10.1 Å². The zero-order valence-corrected chi connectivity index (χ0v) is 10.5. The molecule has 94 valence electrons. The Hall–Kier alpha value is -1.16. The molecule has 1 N–H and O–H groups in total. The number of nitrogens with zero attached hydrogens (tertiary/aromatic N) is 1. The maximum Gasteiger partial charge on any atom is 0.471 e. The first kappa shape index (κ1) is 13.9. The summed E-state index contributed by atoms with van der Waals surface area (Å²) >= 11 is 3.59. The van der Waals surface area contributed by atoms with E-state index in [1.165, 1.54) is 0 Å². The van der Waals surface area contributed by atoms with Crippen molar-refractivity contribution in [3.63, 3.8) is 0 Å². The fourth-order valence-corrected chi connectivity index (χ4v) is 1.88. The Morgan fingerprint density at radius 1 is 1.47 bits per heavy atom. The molecule has 1 aromatic rings. The number of carbonyl (C=O) groups is 2. The van der Waals surface area contributed by atoms with Gasteiger partial charge in [0.05, 0.1) is 7.11 Å². The van der Waals surface area contributed by atoms with Crippen molar-refractivity contribution in [3.8, 4) is 0 Å². The van der Waals surface area contributed by atoms with Gasteiger partial charge in [-0.15, -0.1) is 0 Å². The number of nitrogens with one attached hydrogen (secondary N) is 1. The third-order valence-corrected chi connectivity index (χ3v) is 2.99. The predicted octanol–water partition coefficient (Wildman–Crippen LogP) is 2.19. The summed E-state index contributed by atoms with van der Waals surface area (Å²) in [5.74, 6) is -3.13. The van der Waals surface area contributed by atoms with Gasteiger partial charge in [-0.3, -0.25) is 4.79 Å². The summed E-state index contributed by atoms with van der Waals surface area (Å²) in [6.07, 6.45) is -5.05. The minimum Gasteiger partial charge on any atom is -0.464 e. The number of methoxy groups -OCH3 is 1. The molecule has 1 amide bonds. The molecule has 0 saturated carbocycles. The highest BCUT2D eigenvalue weighted by molar-refractivity contribution is 9.11. The number of rotatable bonds is 2. The molecule has 0 radical (unpaired) electrons. The Bertz CT molecular complexity index is 460. The van der Waals surface area contributed by atoms with Gasteiger partial charge >= 0.3 is 18.1 Å². The van der Waals surface area contributed by atoms with Crippen LogP contribution < -0.4 is 5.32 Å². The zero-order chi connectivity index (χ0) is 13.2. The van der Waals surface area contributed by atoms with E-state index in [9.17, 15) is 22.8 Å². The lowest BCUT2D eigenvalue weighted by atomic mass is 10.3. The molecular weight excluding hydrogens is 329 g/mol. The van der Waals surface area contributed by atoms with Gasteiger partial charge in [0.25, 0.3) is 0 Å². The van der Waals surface area contributed by atoms with E-state index in [0.29, 0.717) is 11.5 Å². The second-order valence-electron chi connectivity index (χ2n) is 2.62. The van der Waals surface area contributed by atoms with Crippen LogP contribution in [0.15, 0.2) is 3.79 Å². The summed E-state index contributed by atoms with van der Waals surface area (Å²) in [5.41, 5.74) is -0.744. The molecule has 0 unspecified atom stereocenters. The Labute approximate surface area is 105 Å². The van der Waals surface area contributed by atoms with Crippen molar-refractivity contribution in [2.24, 2.45) is 0 Å². The average molecular weight is 333 g/mol. The maximum absolute atomic E-state index is 12.0. The lowest BCUT2D eigenvalue weighted by Crippen LogP contribution is -2.30. The Balaban J connectivity index is 3.02. The first-order chi connectivity index (χ1) is 7.77. The van der Waals surface area contributed by atoms with Crippen LogP contribution in [0.2, 0.25) is 0 Å². The van der Waals surface area contributed by atoms with Crippen LogP contribution in [0.4, 0.5) is 18.9 Å². The second-order valence-corrected chi connectivity index (χ2v) is 4.71. The normalized spacial score (nSPS) is 11.1. The minimum absolute atomic E-state index is 0.0931. The molecule has 1 heterocycles. The molecule has 0 spiro atoms. The van der Waals surface area contributed by atoms with Crippen LogP contribution in [-0.2, 0) is 9.53 Å². The van der Waals surface area contributed by atoms with Crippen molar-refractivity contribution in [1.29, 1.82) is 0 Å². The molecule has 0 aromatic carbocycles. The van der Waals surface area contributed by atoms with E-state index in [0.717, 1.165) is 7.11 Å². The summed E-state index contributed by atoms with van der Waals surface area (Å²) in [6, 6.07) is 0. The van der Waals surface area contributed by atoms with Crippen LogP contribution in [0.1, 0.15) is 10.5 Å². The number of hydrogen-bond acceptors (Lipinski definition) is 5. The zero-order valence-electron chi connectivity index (χ0n) is 8.09. The summed E-state index contributed by atoms with van der Waals surface area (Å²) in [5, 5.41) is 1.55. The van der Waals surface area contributed by atoms with Gasteiger partial charge in [0.1, 0.15) is 9.47 Å². The third-order valence-electron chi connectivity index (χ3n) is 1.53. The Kier molecular flexibility index (Phi) is 4.09. The smallest absolute Gasteiger partial charge is 0.464 e. The first-order valence-corrected chi connectivity index (χ1v) is 5.45. The number of esters is 1. The third kappa shape index (κ3) is 3.16. The van der Waals surface area contributed by atoms with Crippen LogP contribution in [0.5, 0.6) is 0 Å². The fourth-order valence-electron chi connectivity index (χ4n) is 0.799. The molecule has 1 rings (SSSR count). The topological polar surface area (TPSA) is 68.3 Å². The molecule has 0 aliphatic rings. The number of alkyl halides is 3. The number of aromatic nitrogens is 1. The van der Waals surface area contributed by atoms with E-state index in [4.69, 9.17) is 0 Å². The molecule has 1 aromatic heterocycles. The standard InChI is InChI=1S/C7H4BrF3N2O3S/c1-16-5(14)3-2(4(8)17-13-3)12-6(15)7(9,10)11/h1H3,(H,12,15). The SMILES string of the molecule is COC(=O)c1nsc(Br)c1NC(=O)C(F)(F)F. The Morgan fingerprint density at radius 3 is 2.53 bits per heavy atom. The van der Waals surface area contributed by atoms with Crippen molar-refractivity contribution in [1.82, 2.24) is 4.37 Å². The highest BCUT2D eigenvalue weighted by atomic mass is 79.9. The summed E-state index contributed by atoms with van der Waals surface area (Å²) in [6.45, 7) is 0. The molecule has 17 heavy (non-hydrogen) atoms. The minimum atomic E-state index is -5.05. The fraction of sp³-hybridized carbons (Fsp3) is 0.286. The lowest BCUT2D eigenvalue weighted by Gasteiger charge is -2.07. The number of halogens is 4. The van der Waals surface area contributed by atoms with Crippen LogP contribution in [0, 0.1) is 0 Å². The maximum atomic E-state index is 12.0. The quantitative estimate of drug-likeness (QED) is 0.843. The molecule has 5 nitrogen and oxygen atoms in total. The van der Waals surface area contributed by atoms with Crippen molar-refractivity contribution >= 4 is 45.0 Å². The van der Waals surface area contributed by atoms with Gasteiger partial charge in [0.2, 0.25) is 0 Å².